The first-order valence-corrected chi connectivity index (χ1v) is 12.8. The largest absolute Gasteiger partial charge is 0.416 e. The Morgan fingerprint density at radius 2 is 1.61 bits per heavy atom. The number of amides is 3. The van der Waals surface area contributed by atoms with Crippen LogP contribution in [0.25, 0.3) is 0 Å². The number of rotatable bonds is 5. The summed E-state index contributed by atoms with van der Waals surface area (Å²) in [5, 5.41) is 2.83. The number of benzene rings is 2. The van der Waals surface area contributed by atoms with Gasteiger partial charge in [0, 0.05) is 29.8 Å². The number of hydrogen-bond acceptors (Lipinski definition) is 3. The van der Waals surface area contributed by atoms with Gasteiger partial charge in [0.05, 0.1) is 24.8 Å². The number of ether oxygens (including phenoxy) is 1. The Kier molecular flexibility index (Phi) is 8.01. The van der Waals surface area contributed by atoms with Crippen molar-refractivity contribution in [1.29, 1.82) is 0 Å². The molecular weight excluding hydrogens is 502 g/mol. The molecule has 0 aliphatic carbocycles. The molecular formula is C28H33F4N3O3. The quantitative estimate of drug-likeness (QED) is 0.495. The molecule has 206 valence electrons. The first-order valence-electron chi connectivity index (χ1n) is 12.8. The van der Waals surface area contributed by atoms with Crippen molar-refractivity contribution in [2.24, 2.45) is 0 Å². The van der Waals surface area contributed by atoms with Crippen molar-refractivity contribution >= 4 is 11.9 Å². The standard InChI is InChI=1S/C28H33F4N3O3/c1-27(2,3)33-26(37)35-16-19(17-35)38-24(20-9-5-6-10-22(20)28(30,31)32)21-12-11-18(15-23(21)29)25(36)34-13-7-4-8-14-34/h5-6,9-12,15,19,24H,4,7-8,13-14,16-17H2,1-3H3,(H,33,37). The van der Waals surface area contributed by atoms with E-state index in [1.165, 1.54) is 35.2 Å². The van der Waals surface area contributed by atoms with Gasteiger partial charge in [0.25, 0.3) is 5.91 Å². The summed E-state index contributed by atoms with van der Waals surface area (Å²) >= 11 is 0. The number of urea groups is 1. The van der Waals surface area contributed by atoms with Crippen LogP contribution in [0.2, 0.25) is 0 Å². The highest BCUT2D eigenvalue weighted by Crippen LogP contribution is 2.40. The molecule has 2 aromatic carbocycles. The third-order valence-electron chi connectivity index (χ3n) is 6.67. The Morgan fingerprint density at radius 3 is 2.21 bits per heavy atom. The smallest absolute Gasteiger partial charge is 0.362 e. The maximum Gasteiger partial charge on any atom is 0.416 e. The van der Waals surface area contributed by atoms with Gasteiger partial charge in [-0.25, -0.2) is 9.18 Å². The number of piperidine rings is 1. The molecule has 6 nitrogen and oxygen atoms in total. The summed E-state index contributed by atoms with van der Waals surface area (Å²) in [5.74, 6) is -1.13. The molecule has 0 bridgehead atoms. The average molecular weight is 536 g/mol. The van der Waals surface area contributed by atoms with Gasteiger partial charge in [0.2, 0.25) is 0 Å². The normalized spacial score (nSPS) is 17.7. The van der Waals surface area contributed by atoms with Crippen LogP contribution >= 0.6 is 0 Å². The second-order valence-corrected chi connectivity index (χ2v) is 10.9. The lowest BCUT2D eigenvalue weighted by Crippen LogP contribution is -2.60. The van der Waals surface area contributed by atoms with Crippen LogP contribution in [0, 0.1) is 5.82 Å². The second-order valence-electron chi connectivity index (χ2n) is 10.9. The van der Waals surface area contributed by atoms with E-state index in [1.54, 1.807) is 4.90 Å². The molecule has 4 rings (SSSR count). The average Bonchev–Trinajstić information content (AvgIpc) is 2.82. The fourth-order valence-corrected chi connectivity index (χ4v) is 4.73. The van der Waals surface area contributed by atoms with Crippen molar-refractivity contribution in [2.45, 2.75) is 64.0 Å². The van der Waals surface area contributed by atoms with E-state index in [0.29, 0.717) is 13.1 Å². The molecule has 2 heterocycles. The van der Waals surface area contributed by atoms with Gasteiger partial charge in [-0.2, -0.15) is 13.2 Å². The summed E-state index contributed by atoms with van der Waals surface area (Å²) in [6.07, 6.45) is -3.88. The molecule has 0 saturated carbocycles. The third kappa shape index (κ3) is 6.46. The van der Waals surface area contributed by atoms with E-state index >= 15 is 4.39 Å². The molecule has 38 heavy (non-hydrogen) atoms. The molecule has 0 radical (unpaired) electrons. The summed E-state index contributed by atoms with van der Waals surface area (Å²) < 4.78 is 63.2. The first kappa shape index (κ1) is 27.9. The molecule has 0 spiro atoms. The van der Waals surface area contributed by atoms with Gasteiger partial charge in [0.15, 0.2) is 0 Å². The second kappa shape index (κ2) is 10.9. The van der Waals surface area contributed by atoms with Gasteiger partial charge in [-0.15, -0.1) is 0 Å². The predicted molar refractivity (Wildman–Crippen MR) is 134 cm³/mol. The highest BCUT2D eigenvalue weighted by atomic mass is 19.4. The summed E-state index contributed by atoms with van der Waals surface area (Å²) in [6.45, 7) is 7.00. The highest BCUT2D eigenvalue weighted by Gasteiger charge is 2.40. The lowest BCUT2D eigenvalue weighted by Gasteiger charge is -2.42. The molecule has 2 aliphatic rings. The van der Waals surface area contributed by atoms with Crippen molar-refractivity contribution in [3.8, 4) is 0 Å². The lowest BCUT2D eigenvalue weighted by molar-refractivity contribution is -0.140. The Labute approximate surface area is 219 Å². The van der Waals surface area contributed by atoms with Gasteiger partial charge >= 0.3 is 12.2 Å². The number of carbonyl (C=O) groups excluding carboxylic acids is 2. The molecule has 0 aromatic heterocycles. The fourth-order valence-electron chi connectivity index (χ4n) is 4.73. The number of nitrogens with zero attached hydrogens (tertiary/aromatic N) is 2. The number of halogens is 4. The van der Waals surface area contributed by atoms with Crippen LogP contribution < -0.4 is 5.32 Å². The summed E-state index contributed by atoms with van der Waals surface area (Å²) in [4.78, 5) is 28.4. The van der Waals surface area contributed by atoms with Gasteiger partial charge in [-0.3, -0.25) is 4.79 Å². The molecule has 2 fully saturated rings. The van der Waals surface area contributed by atoms with Gasteiger partial charge in [0.1, 0.15) is 11.9 Å². The molecule has 2 saturated heterocycles. The number of carbonyl (C=O) groups is 2. The molecule has 1 atom stereocenters. The lowest BCUT2D eigenvalue weighted by atomic mass is 9.94. The maximum absolute atomic E-state index is 15.5. The van der Waals surface area contributed by atoms with Crippen LogP contribution in [0.5, 0.6) is 0 Å². The molecule has 1 unspecified atom stereocenters. The van der Waals surface area contributed by atoms with Crippen LogP contribution in [-0.4, -0.2) is 59.6 Å². The molecule has 10 heteroatoms. The Hall–Kier alpha value is -3.14. The van der Waals surface area contributed by atoms with E-state index in [4.69, 9.17) is 4.74 Å². The van der Waals surface area contributed by atoms with Crippen LogP contribution in [0.15, 0.2) is 42.5 Å². The van der Waals surface area contributed by atoms with Crippen molar-refractivity contribution in [3.05, 3.63) is 70.5 Å². The summed E-state index contributed by atoms with van der Waals surface area (Å²) in [7, 11) is 0. The van der Waals surface area contributed by atoms with Crippen molar-refractivity contribution in [1.82, 2.24) is 15.1 Å². The zero-order chi connectivity index (χ0) is 27.7. The van der Waals surface area contributed by atoms with E-state index < -0.39 is 35.3 Å². The number of likely N-dealkylation sites (tertiary alicyclic amines) is 2. The SMILES string of the molecule is CC(C)(C)NC(=O)N1CC(OC(c2ccc(C(=O)N3CCCCC3)cc2F)c2ccccc2C(F)(F)F)C1. The molecule has 1 N–H and O–H groups in total. The van der Waals surface area contributed by atoms with Gasteiger partial charge in [-0.05, 0) is 63.8 Å². The van der Waals surface area contributed by atoms with E-state index in [0.717, 1.165) is 31.4 Å². The van der Waals surface area contributed by atoms with E-state index in [2.05, 4.69) is 5.32 Å². The molecule has 2 aliphatic heterocycles. The van der Waals surface area contributed by atoms with Crippen molar-refractivity contribution in [2.75, 3.05) is 26.2 Å². The number of nitrogens with one attached hydrogen (secondary N) is 1. The van der Waals surface area contributed by atoms with Crippen LogP contribution in [-0.2, 0) is 10.9 Å². The summed E-state index contributed by atoms with van der Waals surface area (Å²) in [6, 6.07) is 8.43. The monoisotopic (exact) mass is 535 g/mol. The molecule has 3 amide bonds. The van der Waals surface area contributed by atoms with Crippen LogP contribution in [0.1, 0.15) is 73.2 Å². The van der Waals surface area contributed by atoms with E-state index in [9.17, 15) is 22.8 Å². The minimum Gasteiger partial charge on any atom is -0.362 e. The Bertz CT molecular complexity index is 1170. The predicted octanol–water partition coefficient (Wildman–Crippen LogP) is 5.77. The van der Waals surface area contributed by atoms with E-state index in [1.807, 2.05) is 20.8 Å². The highest BCUT2D eigenvalue weighted by molar-refractivity contribution is 5.94. The Balaban J connectivity index is 1.61. The minimum atomic E-state index is -4.68. The maximum atomic E-state index is 15.5. The minimum absolute atomic E-state index is 0.102. The Morgan fingerprint density at radius 1 is 0.947 bits per heavy atom. The van der Waals surface area contributed by atoms with Crippen LogP contribution in [0.3, 0.4) is 0 Å². The van der Waals surface area contributed by atoms with E-state index in [-0.39, 0.29) is 41.7 Å². The molecule has 2 aromatic rings. The van der Waals surface area contributed by atoms with Gasteiger partial charge < -0.3 is 19.9 Å². The number of alkyl halides is 3. The zero-order valence-electron chi connectivity index (χ0n) is 21.8. The topological polar surface area (TPSA) is 61.9 Å². The first-order chi connectivity index (χ1) is 17.8. The van der Waals surface area contributed by atoms with Crippen LogP contribution in [0.4, 0.5) is 22.4 Å². The number of hydrogen-bond donors (Lipinski definition) is 1. The fraction of sp³-hybridized carbons (Fsp3) is 0.500. The zero-order valence-corrected chi connectivity index (χ0v) is 21.8. The van der Waals surface area contributed by atoms with Crippen molar-refractivity contribution < 1.29 is 31.9 Å². The summed E-state index contributed by atoms with van der Waals surface area (Å²) in [5.41, 5.74) is -1.57. The third-order valence-corrected chi connectivity index (χ3v) is 6.67. The van der Waals surface area contributed by atoms with Gasteiger partial charge in [-0.1, -0.05) is 24.3 Å². The van der Waals surface area contributed by atoms with Crippen molar-refractivity contribution in [3.63, 3.8) is 0 Å².